The van der Waals surface area contributed by atoms with Gasteiger partial charge in [0.15, 0.2) is 5.75 Å². The van der Waals surface area contributed by atoms with Crippen molar-refractivity contribution in [1.29, 1.82) is 0 Å². The predicted molar refractivity (Wildman–Crippen MR) is 128 cm³/mol. The minimum Gasteiger partial charge on any atom is -0.493 e. The van der Waals surface area contributed by atoms with Crippen LogP contribution in [0.15, 0.2) is 47.7 Å². The van der Waals surface area contributed by atoms with Crippen LogP contribution in [0, 0.1) is 17.0 Å². The minimum absolute atomic E-state index is 0.0440. The highest BCUT2D eigenvalue weighted by atomic mass is 16.6. The number of nitrogens with zero attached hydrogens (tertiary/aromatic N) is 1. The summed E-state index contributed by atoms with van der Waals surface area (Å²) in [5.74, 6) is -0.554. The van der Waals surface area contributed by atoms with Gasteiger partial charge in [-0.2, -0.15) is 0 Å². The van der Waals surface area contributed by atoms with E-state index in [1.807, 2.05) is 38.1 Å². The number of ether oxygens (including phenoxy) is 3. The van der Waals surface area contributed by atoms with E-state index < -0.39 is 23.0 Å². The van der Waals surface area contributed by atoms with Gasteiger partial charge in [0.1, 0.15) is 6.61 Å². The minimum atomic E-state index is -0.969. The highest BCUT2D eigenvalue weighted by Crippen LogP contribution is 2.42. The third-order valence-electron chi connectivity index (χ3n) is 5.46. The molecule has 1 heterocycles. The first-order valence-corrected chi connectivity index (χ1v) is 11.3. The second-order valence-electron chi connectivity index (χ2n) is 8.00. The number of nitro groups is 1. The zero-order valence-corrected chi connectivity index (χ0v) is 20.2. The molecule has 2 amide bonds. The van der Waals surface area contributed by atoms with Gasteiger partial charge in [0.25, 0.3) is 0 Å². The maximum atomic E-state index is 12.8. The topological polar surface area (TPSA) is 129 Å². The fourth-order valence-electron chi connectivity index (χ4n) is 3.81. The summed E-state index contributed by atoms with van der Waals surface area (Å²) in [5.41, 5.74) is 2.47. The molecular formula is C25H29N3O7. The van der Waals surface area contributed by atoms with Crippen LogP contribution in [0.5, 0.6) is 11.5 Å². The Balaban J connectivity index is 2.07. The quantitative estimate of drug-likeness (QED) is 0.290. The van der Waals surface area contributed by atoms with Gasteiger partial charge in [0.05, 0.1) is 30.3 Å². The number of urea groups is 1. The average Bonchev–Trinajstić information content (AvgIpc) is 2.83. The van der Waals surface area contributed by atoms with Gasteiger partial charge in [0.2, 0.25) is 5.75 Å². The zero-order chi connectivity index (χ0) is 25.5. The lowest BCUT2D eigenvalue weighted by molar-refractivity contribution is -0.386. The molecule has 2 aromatic carbocycles. The van der Waals surface area contributed by atoms with Gasteiger partial charge in [-0.25, -0.2) is 9.59 Å². The number of esters is 1. The van der Waals surface area contributed by atoms with Crippen LogP contribution in [0.2, 0.25) is 0 Å². The first-order chi connectivity index (χ1) is 16.8. The molecule has 1 atom stereocenters. The number of carbonyl (C=O) groups is 2. The van der Waals surface area contributed by atoms with Crippen LogP contribution in [0.4, 0.5) is 10.5 Å². The van der Waals surface area contributed by atoms with E-state index >= 15 is 0 Å². The van der Waals surface area contributed by atoms with Crippen molar-refractivity contribution in [3.63, 3.8) is 0 Å². The number of methoxy groups -OCH3 is 1. The maximum Gasteiger partial charge on any atom is 0.338 e. The molecule has 0 aliphatic carbocycles. The highest BCUT2D eigenvalue weighted by Gasteiger charge is 2.35. The molecule has 0 saturated carbocycles. The molecule has 1 unspecified atom stereocenters. The summed E-state index contributed by atoms with van der Waals surface area (Å²) in [6, 6.07) is 8.91. The Morgan fingerprint density at radius 3 is 2.49 bits per heavy atom. The van der Waals surface area contributed by atoms with Crippen molar-refractivity contribution in [3.05, 3.63) is 74.5 Å². The molecule has 2 aromatic rings. The molecule has 10 nitrogen and oxygen atoms in total. The smallest absolute Gasteiger partial charge is 0.338 e. The molecule has 0 saturated heterocycles. The van der Waals surface area contributed by atoms with E-state index in [-0.39, 0.29) is 36.0 Å². The normalized spacial score (nSPS) is 15.2. The summed E-state index contributed by atoms with van der Waals surface area (Å²) in [6.45, 7) is 5.78. The first-order valence-electron chi connectivity index (χ1n) is 11.3. The van der Waals surface area contributed by atoms with Gasteiger partial charge >= 0.3 is 17.7 Å². The number of hydrogen-bond donors (Lipinski definition) is 2. The van der Waals surface area contributed by atoms with Gasteiger partial charge in [-0.1, -0.05) is 43.2 Å². The summed E-state index contributed by atoms with van der Waals surface area (Å²) >= 11 is 0. The summed E-state index contributed by atoms with van der Waals surface area (Å²) in [7, 11) is 1.37. The van der Waals surface area contributed by atoms with Crippen molar-refractivity contribution in [2.75, 3.05) is 13.7 Å². The first kappa shape index (κ1) is 25.5. The fourth-order valence-corrected chi connectivity index (χ4v) is 3.81. The standard InChI is InChI=1S/C25H29N3O7/c1-5-7-18-21(24(29)34-6-2)22(27-25(30)26-18)17-12-19(28(31)32)23(20(13-17)33-4)35-14-16-10-8-15(3)9-11-16/h8-13,22H,5-7,14H2,1-4H3,(H2,26,27,30). The van der Waals surface area contributed by atoms with Crippen LogP contribution in [-0.4, -0.2) is 30.6 Å². The molecule has 0 aromatic heterocycles. The largest absolute Gasteiger partial charge is 0.493 e. The number of benzene rings is 2. The highest BCUT2D eigenvalue weighted by molar-refractivity contribution is 5.95. The number of carbonyl (C=O) groups excluding carboxylic acids is 2. The van der Waals surface area contributed by atoms with E-state index in [2.05, 4.69) is 10.6 Å². The van der Waals surface area contributed by atoms with Gasteiger partial charge in [-0.15, -0.1) is 0 Å². The number of nitro benzene ring substituents is 1. The molecular weight excluding hydrogens is 454 g/mol. The molecule has 0 bridgehead atoms. The second-order valence-corrected chi connectivity index (χ2v) is 8.00. The van der Waals surface area contributed by atoms with E-state index in [1.54, 1.807) is 6.92 Å². The molecule has 3 rings (SSSR count). The molecule has 0 spiro atoms. The van der Waals surface area contributed by atoms with Crippen molar-refractivity contribution in [2.45, 2.75) is 46.3 Å². The van der Waals surface area contributed by atoms with Crippen LogP contribution in [0.1, 0.15) is 49.4 Å². The van der Waals surface area contributed by atoms with Crippen LogP contribution in [0.3, 0.4) is 0 Å². The Morgan fingerprint density at radius 1 is 1.17 bits per heavy atom. The molecule has 35 heavy (non-hydrogen) atoms. The Labute approximate surface area is 203 Å². The monoisotopic (exact) mass is 483 g/mol. The Hall–Kier alpha value is -4.08. The van der Waals surface area contributed by atoms with Crippen molar-refractivity contribution in [1.82, 2.24) is 10.6 Å². The average molecular weight is 484 g/mol. The Morgan fingerprint density at radius 2 is 1.89 bits per heavy atom. The van der Waals surface area contributed by atoms with Gasteiger partial charge < -0.3 is 24.8 Å². The van der Waals surface area contributed by atoms with Crippen molar-refractivity contribution >= 4 is 17.7 Å². The number of hydrogen-bond acceptors (Lipinski definition) is 7. The van der Waals surface area contributed by atoms with Crippen molar-refractivity contribution < 1.29 is 28.7 Å². The number of allylic oxidation sites excluding steroid dienone is 1. The Kier molecular flexibility index (Phi) is 8.30. The Bertz CT molecular complexity index is 1140. The lowest BCUT2D eigenvalue weighted by atomic mass is 9.93. The molecule has 0 fully saturated rings. The van der Waals surface area contributed by atoms with Crippen LogP contribution < -0.4 is 20.1 Å². The molecule has 10 heteroatoms. The van der Waals surface area contributed by atoms with E-state index in [4.69, 9.17) is 14.2 Å². The maximum absolute atomic E-state index is 12.8. The fraction of sp³-hybridized carbons (Fsp3) is 0.360. The van der Waals surface area contributed by atoms with E-state index in [0.717, 1.165) is 11.1 Å². The molecule has 1 aliphatic heterocycles. The number of rotatable bonds is 10. The molecule has 2 N–H and O–H groups in total. The lowest BCUT2D eigenvalue weighted by Crippen LogP contribution is -2.46. The van der Waals surface area contributed by atoms with Gasteiger partial charge in [0, 0.05) is 11.8 Å². The number of nitrogens with one attached hydrogen (secondary N) is 2. The van der Waals surface area contributed by atoms with Crippen LogP contribution in [-0.2, 0) is 16.1 Å². The second kappa shape index (κ2) is 11.4. The summed E-state index contributed by atoms with van der Waals surface area (Å²) in [5, 5.41) is 17.3. The predicted octanol–water partition coefficient (Wildman–Crippen LogP) is 4.46. The molecule has 0 radical (unpaired) electrons. The van der Waals surface area contributed by atoms with Crippen LogP contribution >= 0.6 is 0 Å². The third kappa shape index (κ3) is 5.89. The summed E-state index contributed by atoms with van der Waals surface area (Å²) < 4.78 is 16.5. The van der Waals surface area contributed by atoms with Gasteiger partial charge in [-0.3, -0.25) is 10.1 Å². The number of amides is 2. The van der Waals surface area contributed by atoms with E-state index in [1.165, 1.54) is 19.2 Å². The van der Waals surface area contributed by atoms with Crippen LogP contribution in [0.25, 0.3) is 0 Å². The zero-order valence-electron chi connectivity index (χ0n) is 20.2. The van der Waals surface area contributed by atoms with Crippen molar-refractivity contribution in [2.24, 2.45) is 0 Å². The SMILES string of the molecule is CCCC1=C(C(=O)OCC)C(c2cc(OC)c(OCc3ccc(C)cc3)c([N+](=O)[O-])c2)NC(=O)N1. The summed E-state index contributed by atoms with van der Waals surface area (Å²) in [6.07, 6.45) is 1.09. The van der Waals surface area contributed by atoms with E-state index in [9.17, 15) is 19.7 Å². The molecule has 1 aliphatic rings. The molecule has 186 valence electrons. The van der Waals surface area contributed by atoms with Gasteiger partial charge in [-0.05, 0) is 37.5 Å². The van der Waals surface area contributed by atoms with Crippen molar-refractivity contribution in [3.8, 4) is 11.5 Å². The van der Waals surface area contributed by atoms with E-state index in [0.29, 0.717) is 24.1 Å². The summed E-state index contributed by atoms with van der Waals surface area (Å²) in [4.78, 5) is 36.6. The third-order valence-corrected chi connectivity index (χ3v) is 5.46. The lowest BCUT2D eigenvalue weighted by Gasteiger charge is -2.29. The number of aryl methyl sites for hydroxylation is 1.